The van der Waals surface area contributed by atoms with Gasteiger partial charge in [-0.15, -0.1) is 0 Å². The highest BCUT2D eigenvalue weighted by atomic mass is 19.4. The molecule has 1 aromatic heterocycles. The first kappa shape index (κ1) is 22.2. The van der Waals surface area contributed by atoms with Crippen LogP contribution in [0.4, 0.5) is 17.6 Å². The van der Waals surface area contributed by atoms with E-state index in [-0.39, 0.29) is 18.7 Å². The summed E-state index contributed by atoms with van der Waals surface area (Å²) in [4.78, 5) is 2.86. The maximum absolute atomic E-state index is 14.2. The van der Waals surface area contributed by atoms with Crippen LogP contribution in [0, 0.1) is 30.0 Å². The third-order valence-electron chi connectivity index (χ3n) is 6.39. The molecule has 0 bridgehead atoms. The number of aliphatic hydroxyl groups excluding tert-OH is 1. The molecule has 2 aromatic carbocycles. The molecule has 1 aliphatic rings. The van der Waals surface area contributed by atoms with E-state index in [4.69, 9.17) is 10.00 Å². The SMILES string of the molecule is Cc1cc(C#N)cc2[nH]c(C(O)C(CC3(C)CCOc4ccc(F)cc43)C(F)(F)F)cc12. The minimum absolute atomic E-state index is 0.0237. The number of H-pyrrole nitrogens is 1. The van der Waals surface area contributed by atoms with E-state index in [0.29, 0.717) is 27.8 Å². The van der Waals surface area contributed by atoms with E-state index in [1.54, 1.807) is 26.0 Å². The summed E-state index contributed by atoms with van der Waals surface area (Å²) in [6.45, 7) is 3.61. The second-order valence-electron chi connectivity index (χ2n) is 8.69. The minimum Gasteiger partial charge on any atom is -0.493 e. The van der Waals surface area contributed by atoms with Gasteiger partial charge in [0.25, 0.3) is 0 Å². The Hall–Kier alpha value is -3.05. The number of aromatic nitrogens is 1. The Bertz CT molecular complexity index is 1210. The molecule has 0 saturated carbocycles. The van der Waals surface area contributed by atoms with Crippen LogP contribution >= 0.6 is 0 Å². The van der Waals surface area contributed by atoms with Gasteiger partial charge in [-0.2, -0.15) is 18.4 Å². The minimum atomic E-state index is -4.70. The van der Waals surface area contributed by atoms with Crippen LogP contribution in [0.5, 0.6) is 5.75 Å². The molecular weight excluding hydrogens is 424 g/mol. The topological polar surface area (TPSA) is 69.0 Å². The van der Waals surface area contributed by atoms with Crippen LogP contribution in [0.1, 0.15) is 48.3 Å². The van der Waals surface area contributed by atoms with Gasteiger partial charge in [-0.3, -0.25) is 0 Å². The van der Waals surface area contributed by atoms with Gasteiger partial charge in [0.1, 0.15) is 17.7 Å². The van der Waals surface area contributed by atoms with E-state index in [0.717, 1.165) is 5.56 Å². The maximum atomic E-state index is 14.2. The molecule has 4 rings (SSSR count). The van der Waals surface area contributed by atoms with Gasteiger partial charge in [-0.05, 0) is 61.7 Å². The van der Waals surface area contributed by atoms with Crippen LogP contribution in [-0.4, -0.2) is 22.9 Å². The number of ether oxygens (including phenoxy) is 1. The lowest BCUT2D eigenvalue weighted by molar-refractivity contribution is -0.208. The molecule has 0 radical (unpaired) electrons. The van der Waals surface area contributed by atoms with Crippen molar-refractivity contribution in [1.29, 1.82) is 5.26 Å². The van der Waals surface area contributed by atoms with Gasteiger partial charge in [0.05, 0.1) is 24.2 Å². The van der Waals surface area contributed by atoms with E-state index in [2.05, 4.69) is 4.98 Å². The van der Waals surface area contributed by atoms with Crippen molar-refractivity contribution >= 4 is 10.9 Å². The fourth-order valence-electron chi connectivity index (χ4n) is 4.61. The number of nitrogens with zero attached hydrogens (tertiary/aromatic N) is 1. The number of benzene rings is 2. The number of alkyl halides is 3. The average molecular weight is 446 g/mol. The zero-order chi connectivity index (χ0) is 23.3. The molecule has 4 nitrogen and oxygen atoms in total. The number of aliphatic hydroxyl groups is 1. The van der Waals surface area contributed by atoms with Crippen molar-refractivity contribution in [3.8, 4) is 11.8 Å². The lowest BCUT2D eigenvalue weighted by Gasteiger charge is -2.39. The molecule has 3 aromatic rings. The van der Waals surface area contributed by atoms with Crippen molar-refractivity contribution in [2.24, 2.45) is 5.92 Å². The summed E-state index contributed by atoms with van der Waals surface area (Å²) in [5.74, 6) is -2.28. The quantitative estimate of drug-likeness (QED) is 0.496. The number of hydrogen-bond donors (Lipinski definition) is 2. The molecule has 3 atom stereocenters. The number of aromatic amines is 1. The summed E-state index contributed by atoms with van der Waals surface area (Å²) in [5.41, 5.74) is 0.942. The Morgan fingerprint density at radius 1 is 1.25 bits per heavy atom. The molecule has 0 spiro atoms. The zero-order valence-corrected chi connectivity index (χ0v) is 17.6. The largest absolute Gasteiger partial charge is 0.493 e. The Kier molecular flexibility index (Phi) is 5.41. The monoisotopic (exact) mass is 446 g/mol. The first-order valence-corrected chi connectivity index (χ1v) is 10.2. The second-order valence-corrected chi connectivity index (χ2v) is 8.69. The molecule has 0 fully saturated rings. The van der Waals surface area contributed by atoms with E-state index in [1.165, 1.54) is 24.3 Å². The summed E-state index contributed by atoms with van der Waals surface area (Å²) >= 11 is 0. The van der Waals surface area contributed by atoms with Crippen LogP contribution in [0.25, 0.3) is 10.9 Å². The normalized spacial score (nSPS) is 20.3. The van der Waals surface area contributed by atoms with Crippen LogP contribution in [0.3, 0.4) is 0 Å². The molecule has 2 heterocycles. The fraction of sp³-hybridized carbons (Fsp3) is 0.375. The molecular formula is C24H22F4N2O2. The summed E-state index contributed by atoms with van der Waals surface area (Å²) in [5, 5.41) is 20.6. The van der Waals surface area contributed by atoms with E-state index >= 15 is 0 Å². The highest BCUT2D eigenvalue weighted by Gasteiger charge is 2.50. The van der Waals surface area contributed by atoms with Crippen molar-refractivity contribution in [3.63, 3.8) is 0 Å². The lowest BCUT2D eigenvalue weighted by atomic mass is 9.70. The number of rotatable bonds is 4. The van der Waals surface area contributed by atoms with Crippen LogP contribution in [0.2, 0.25) is 0 Å². The third kappa shape index (κ3) is 3.93. The Morgan fingerprint density at radius 2 is 2.00 bits per heavy atom. The summed E-state index contributed by atoms with van der Waals surface area (Å²) in [6.07, 6.45) is -6.72. The predicted molar refractivity (Wildman–Crippen MR) is 111 cm³/mol. The van der Waals surface area contributed by atoms with Crippen LogP contribution < -0.4 is 4.74 Å². The van der Waals surface area contributed by atoms with Gasteiger partial charge >= 0.3 is 6.18 Å². The molecule has 32 heavy (non-hydrogen) atoms. The predicted octanol–water partition coefficient (Wildman–Crippen LogP) is 5.83. The van der Waals surface area contributed by atoms with Gasteiger partial charge in [0, 0.05) is 27.6 Å². The lowest BCUT2D eigenvalue weighted by Crippen LogP contribution is -2.39. The van der Waals surface area contributed by atoms with Gasteiger partial charge in [0.2, 0.25) is 0 Å². The summed E-state index contributed by atoms with van der Waals surface area (Å²) < 4.78 is 61.9. The van der Waals surface area contributed by atoms with Crippen molar-refractivity contribution in [2.45, 2.75) is 44.4 Å². The van der Waals surface area contributed by atoms with Crippen molar-refractivity contribution in [3.05, 3.63) is 64.6 Å². The average Bonchev–Trinajstić information content (AvgIpc) is 3.16. The van der Waals surface area contributed by atoms with Crippen molar-refractivity contribution < 1.29 is 27.4 Å². The van der Waals surface area contributed by atoms with Crippen LogP contribution in [0.15, 0.2) is 36.4 Å². The molecule has 8 heteroatoms. The highest BCUT2D eigenvalue weighted by molar-refractivity contribution is 5.85. The summed E-state index contributed by atoms with van der Waals surface area (Å²) in [6, 6.07) is 10.5. The van der Waals surface area contributed by atoms with Crippen molar-refractivity contribution in [1.82, 2.24) is 4.98 Å². The smallest absolute Gasteiger partial charge is 0.394 e. The van der Waals surface area contributed by atoms with E-state index in [9.17, 15) is 22.7 Å². The number of aryl methyl sites for hydroxylation is 1. The number of hydrogen-bond acceptors (Lipinski definition) is 3. The number of halogens is 4. The first-order chi connectivity index (χ1) is 15.0. The highest BCUT2D eigenvalue weighted by Crippen LogP contribution is 2.49. The maximum Gasteiger partial charge on any atom is 0.394 e. The van der Waals surface area contributed by atoms with Crippen molar-refractivity contribution in [2.75, 3.05) is 6.61 Å². The number of fused-ring (bicyclic) bond motifs is 2. The molecule has 0 aliphatic carbocycles. The number of nitriles is 1. The van der Waals surface area contributed by atoms with E-state index < -0.39 is 35.9 Å². The number of nitrogens with one attached hydrogen (secondary N) is 1. The van der Waals surface area contributed by atoms with Gasteiger partial charge < -0.3 is 14.8 Å². The molecule has 0 amide bonds. The Labute approximate surface area is 182 Å². The first-order valence-electron chi connectivity index (χ1n) is 10.2. The molecule has 0 saturated heterocycles. The third-order valence-corrected chi connectivity index (χ3v) is 6.39. The Balaban J connectivity index is 1.73. The van der Waals surface area contributed by atoms with Crippen LogP contribution in [-0.2, 0) is 5.41 Å². The molecule has 2 N–H and O–H groups in total. The van der Waals surface area contributed by atoms with Gasteiger partial charge in [-0.25, -0.2) is 4.39 Å². The molecule has 3 unspecified atom stereocenters. The van der Waals surface area contributed by atoms with E-state index in [1.807, 2.05) is 6.07 Å². The Morgan fingerprint density at radius 3 is 2.69 bits per heavy atom. The molecule has 1 aliphatic heterocycles. The van der Waals surface area contributed by atoms with Gasteiger partial charge in [-0.1, -0.05) is 6.92 Å². The summed E-state index contributed by atoms with van der Waals surface area (Å²) in [7, 11) is 0. The zero-order valence-electron chi connectivity index (χ0n) is 17.6. The fourth-order valence-corrected chi connectivity index (χ4v) is 4.61. The standard InChI is InChI=1S/C24H22F4N2O2/c1-13-7-14(12-29)8-19-16(13)10-20(30-19)22(31)18(24(26,27)28)11-23(2)5-6-32-21-4-3-15(25)9-17(21)23/h3-4,7-10,18,22,30-31H,5-6,11H2,1-2H3. The van der Waals surface area contributed by atoms with Gasteiger partial charge in [0.15, 0.2) is 0 Å². The molecule has 168 valence electrons. The second kappa shape index (κ2) is 7.82.